The maximum Gasteiger partial charge on any atom is 0.251 e. The van der Waals surface area contributed by atoms with Crippen molar-refractivity contribution in [2.45, 2.75) is 39.3 Å². The molecule has 0 spiro atoms. The maximum atomic E-state index is 12.6. The van der Waals surface area contributed by atoms with Crippen molar-refractivity contribution in [3.8, 4) is 5.75 Å². The highest BCUT2D eigenvalue weighted by Gasteiger charge is 2.15. The van der Waals surface area contributed by atoms with Crippen LogP contribution in [0.25, 0.3) is 0 Å². The lowest BCUT2D eigenvalue weighted by Crippen LogP contribution is -2.40. The molecule has 0 heterocycles. The monoisotopic (exact) mass is 474 g/mol. The highest BCUT2D eigenvalue weighted by Crippen LogP contribution is 2.15. The average molecular weight is 475 g/mol. The molecule has 186 valence electrons. The van der Waals surface area contributed by atoms with Crippen LogP contribution in [0, 0.1) is 5.92 Å². The third-order valence-corrected chi connectivity index (χ3v) is 6.02. The van der Waals surface area contributed by atoms with Crippen LogP contribution in [0.5, 0.6) is 5.75 Å². The van der Waals surface area contributed by atoms with Crippen LogP contribution in [0.4, 0.5) is 0 Å². The van der Waals surface area contributed by atoms with E-state index in [1.54, 1.807) is 7.11 Å². The molecule has 0 aromatic heterocycles. The Morgan fingerprint density at radius 2 is 1.54 bits per heavy atom. The van der Waals surface area contributed by atoms with Crippen LogP contribution in [0.3, 0.4) is 0 Å². The summed E-state index contributed by atoms with van der Waals surface area (Å²) in [5.74, 6) is 1.24. The quantitative estimate of drug-likeness (QED) is 0.369. The van der Waals surface area contributed by atoms with Crippen LogP contribution in [0.15, 0.2) is 78.9 Å². The number of carbonyl (C=O) groups excluding carboxylic acids is 1. The van der Waals surface area contributed by atoms with Gasteiger partial charge in [-0.2, -0.15) is 0 Å². The van der Waals surface area contributed by atoms with Gasteiger partial charge in [0.15, 0.2) is 0 Å². The van der Waals surface area contributed by atoms with Crippen molar-refractivity contribution in [1.82, 2.24) is 10.2 Å². The van der Waals surface area contributed by atoms with Gasteiger partial charge in [0.05, 0.1) is 13.2 Å². The summed E-state index contributed by atoms with van der Waals surface area (Å²) in [7, 11) is 1.66. The van der Waals surface area contributed by atoms with Gasteiger partial charge in [0.1, 0.15) is 5.75 Å². The summed E-state index contributed by atoms with van der Waals surface area (Å²) in [6.07, 6.45) is 1.23. The number of rotatable bonds is 13. The molecule has 0 aliphatic rings. The Morgan fingerprint density at radius 1 is 0.914 bits per heavy atom. The number of aliphatic hydroxyl groups is 1. The molecule has 5 heteroatoms. The standard InChI is InChI=1S/C30H38N2O3/c1-23(2)17-18-32(21-26-11-15-29(35-3)16-12-26)22-28(33)20-31-30(34)27-13-9-25(10-14-27)19-24-7-5-4-6-8-24/h4-16,23,28,33H,17-22H2,1-3H3,(H,31,34). The molecule has 3 rings (SSSR count). The maximum absolute atomic E-state index is 12.6. The second-order valence-electron chi connectivity index (χ2n) is 9.49. The zero-order chi connectivity index (χ0) is 25.0. The molecule has 3 aromatic rings. The minimum absolute atomic E-state index is 0.167. The highest BCUT2D eigenvalue weighted by molar-refractivity contribution is 5.94. The summed E-state index contributed by atoms with van der Waals surface area (Å²) in [5.41, 5.74) is 4.17. The van der Waals surface area contributed by atoms with Gasteiger partial charge in [-0.25, -0.2) is 0 Å². The Kier molecular flexibility index (Phi) is 10.3. The number of hydrogen-bond acceptors (Lipinski definition) is 4. The summed E-state index contributed by atoms with van der Waals surface area (Å²) < 4.78 is 5.25. The second-order valence-corrected chi connectivity index (χ2v) is 9.49. The van der Waals surface area contributed by atoms with Crippen molar-refractivity contribution in [2.75, 3.05) is 26.7 Å². The molecule has 35 heavy (non-hydrogen) atoms. The van der Waals surface area contributed by atoms with E-state index < -0.39 is 6.10 Å². The molecule has 1 amide bonds. The number of carbonyl (C=O) groups is 1. The lowest BCUT2D eigenvalue weighted by atomic mass is 10.0. The van der Waals surface area contributed by atoms with E-state index in [-0.39, 0.29) is 12.5 Å². The van der Waals surface area contributed by atoms with Crippen molar-refractivity contribution in [1.29, 1.82) is 0 Å². The van der Waals surface area contributed by atoms with Crippen molar-refractivity contribution in [3.63, 3.8) is 0 Å². The first-order valence-corrected chi connectivity index (χ1v) is 12.4. The molecule has 0 radical (unpaired) electrons. The minimum atomic E-state index is -0.651. The summed E-state index contributed by atoms with van der Waals surface area (Å²) in [6, 6.07) is 25.9. The molecule has 0 aliphatic carbocycles. The average Bonchev–Trinajstić information content (AvgIpc) is 2.87. The molecular weight excluding hydrogens is 436 g/mol. The molecule has 0 saturated heterocycles. The van der Waals surface area contributed by atoms with Crippen LogP contribution >= 0.6 is 0 Å². The van der Waals surface area contributed by atoms with Crippen molar-refractivity contribution in [3.05, 3.63) is 101 Å². The predicted octanol–water partition coefficient (Wildman–Crippen LogP) is 4.93. The Labute approximate surface area is 209 Å². The molecule has 0 aliphatic heterocycles. The van der Waals surface area contributed by atoms with Crippen LogP contribution < -0.4 is 10.1 Å². The molecule has 5 nitrogen and oxygen atoms in total. The largest absolute Gasteiger partial charge is 0.497 e. The summed E-state index contributed by atoms with van der Waals surface area (Å²) >= 11 is 0. The fourth-order valence-electron chi connectivity index (χ4n) is 3.95. The summed E-state index contributed by atoms with van der Waals surface area (Å²) in [5, 5.41) is 13.6. The van der Waals surface area contributed by atoms with E-state index in [1.165, 1.54) is 11.1 Å². The van der Waals surface area contributed by atoms with E-state index in [4.69, 9.17) is 4.74 Å². The number of amides is 1. The van der Waals surface area contributed by atoms with Crippen LogP contribution in [0.1, 0.15) is 47.3 Å². The second kappa shape index (κ2) is 13.7. The van der Waals surface area contributed by atoms with Gasteiger partial charge < -0.3 is 15.2 Å². The van der Waals surface area contributed by atoms with Gasteiger partial charge in [0.25, 0.3) is 5.91 Å². The number of hydrogen-bond donors (Lipinski definition) is 2. The third-order valence-electron chi connectivity index (χ3n) is 6.02. The Morgan fingerprint density at radius 3 is 2.17 bits per heavy atom. The first kappa shape index (κ1) is 26.5. The van der Waals surface area contributed by atoms with Gasteiger partial charge >= 0.3 is 0 Å². The van der Waals surface area contributed by atoms with E-state index in [0.29, 0.717) is 18.0 Å². The lowest BCUT2D eigenvalue weighted by Gasteiger charge is -2.26. The Hall–Kier alpha value is -3.15. The van der Waals surface area contributed by atoms with E-state index in [0.717, 1.165) is 37.2 Å². The highest BCUT2D eigenvalue weighted by atomic mass is 16.5. The smallest absolute Gasteiger partial charge is 0.251 e. The number of nitrogens with zero attached hydrogens (tertiary/aromatic N) is 1. The molecule has 0 bridgehead atoms. The molecule has 2 N–H and O–H groups in total. The Balaban J connectivity index is 1.50. The van der Waals surface area contributed by atoms with Gasteiger partial charge in [-0.05, 0) is 66.3 Å². The summed E-state index contributed by atoms with van der Waals surface area (Å²) in [4.78, 5) is 14.9. The molecule has 3 aromatic carbocycles. The molecule has 0 saturated carbocycles. The number of aliphatic hydroxyl groups excluding tert-OH is 1. The van der Waals surface area contributed by atoms with Crippen LogP contribution in [-0.4, -0.2) is 48.8 Å². The fourth-order valence-corrected chi connectivity index (χ4v) is 3.95. The van der Waals surface area contributed by atoms with Crippen molar-refractivity contribution < 1.29 is 14.6 Å². The van der Waals surface area contributed by atoms with Gasteiger partial charge in [0, 0.05) is 25.2 Å². The van der Waals surface area contributed by atoms with Crippen molar-refractivity contribution >= 4 is 5.91 Å². The van der Waals surface area contributed by atoms with E-state index in [2.05, 4.69) is 48.3 Å². The zero-order valence-electron chi connectivity index (χ0n) is 21.1. The minimum Gasteiger partial charge on any atom is -0.497 e. The van der Waals surface area contributed by atoms with Crippen molar-refractivity contribution in [2.24, 2.45) is 5.92 Å². The molecular formula is C30H38N2O3. The molecule has 0 fully saturated rings. The molecule has 1 atom stereocenters. The van der Waals surface area contributed by atoms with Crippen LogP contribution in [-0.2, 0) is 13.0 Å². The predicted molar refractivity (Wildman–Crippen MR) is 142 cm³/mol. The SMILES string of the molecule is COc1ccc(CN(CCC(C)C)CC(O)CNC(=O)c2ccc(Cc3ccccc3)cc2)cc1. The zero-order valence-corrected chi connectivity index (χ0v) is 21.1. The number of benzene rings is 3. The molecule has 1 unspecified atom stereocenters. The number of nitrogens with one attached hydrogen (secondary N) is 1. The lowest BCUT2D eigenvalue weighted by molar-refractivity contribution is 0.0842. The van der Waals surface area contributed by atoms with Crippen LogP contribution in [0.2, 0.25) is 0 Å². The first-order valence-electron chi connectivity index (χ1n) is 12.4. The van der Waals surface area contributed by atoms with Gasteiger partial charge in [-0.15, -0.1) is 0 Å². The van der Waals surface area contributed by atoms with E-state index in [9.17, 15) is 9.90 Å². The van der Waals surface area contributed by atoms with Gasteiger partial charge in [-0.1, -0.05) is 68.4 Å². The number of ether oxygens (including phenoxy) is 1. The van der Waals surface area contributed by atoms with E-state index in [1.807, 2.05) is 54.6 Å². The Bertz CT molecular complexity index is 1020. The van der Waals surface area contributed by atoms with Gasteiger partial charge in [-0.3, -0.25) is 9.69 Å². The topological polar surface area (TPSA) is 61.8 Å². The fraction of sp³-hybridized carbons (Fsp3) is 0.367. The summed E-state index contributed by atoms with van der Waals surface area (Å²) in [6.45, 7) is 6.74. The van der Waals surface area contributed by atoms with E-state index >= 15 is 0 Å². The number of methoxy groups -OCH3 is 1. The van der Waals surface area contributed by atoms with Gasteiger partial charge in [0.2, 0.25) is 0 Å². The normalized spacial score (nSPS) is 12.1. The third kappa shape index (κ3) is 9.19. The first-order chi connectivity index (χ1) is 16.9.